The summed E-state index contributed by atoms with van der Waals surface area (Å²) in [4.78, 5) is 12.3. The van der Waals surface area contributed by atoms with Crippen molar-refractivity contribution < 1.29 is 9.53 Å². The van der Waals surface area contributed by atoms with Gasteiger partial charge in [-0.3, -0.25) is 4.79 Å². The fourth-order valence-electron chi connectivity index (χ4n) is 4.11. The summed E-state index contributed by atoms with van der Waals surface area (Å²) in [5, 5.41) is 5.44. The lowest BCUT2D eigenvalue weighted by molar-refractivity contribution is -0.121. The molecule has 0 atom stereocenters. The number of nitrogens with zero attached hydrogens (tertiary/aromatic N) is 2. The fourth-order valence-corrected chi connectivity index (χ4v) is 4.11. The zero-order valence-corrected chi connectivity index (χ0v) is 16.9. The minimum absolute atomic E-state index is 0.0745. The molecule has 0 radical (unpaired) electrons. The van der Waals surface area contributed by atoms with Crippen LogP contribution in [-0.4, -0.2) is 23.3 Å². The Hall–Kier alpha value is -3.08. The number of ether oxygens (including phenoxy) is 1. The number of aryl methyl sites for hydroxylation is 2. The van der Waals surface area contributed by atoms with E-state index in [9.17, 15) is 4.79 Å². The second kappa shape index (κ2) is 8.95. The van der Waals surface area contributed by atoms with E-state index in [1.54, 1.807) is 6.21 Å². The highest BCUT2D eigenvalue weighted by Gasteiger charge is 2.19. The van der Waals surface area contributed by atoms with E-state index in [0.717, 1.165) is 24.2 Å². The second-order valence-electron chi connectivity index (χ2n) is 7.35. The predicted octanol–water partition coefficient (Wildman–Crippen LogP) is 4.46. The van der Waals surface area contributed by atoms with Gasteiger partial charge in [-0.25, -0.2) is 5.43 Å². The lowest BCUT2D eigenvalue weighted by Gasteiger charge is -2.15. The first-order chi connectivity index (χ1) is 14.3. The molecule has 29 heavy (non-hydrogen) atoms. The molecule has 0 fully saturated rings. The SMILES string of the molecule is CCOc1ccc(/C=N\NC(=O)CCn2c3c(c4ccccc42)CCCC3)cc1. The van der Waals surface area contributed by atoms with Gasteiger partial charge >= 0.3 is 0 Å². The number of nitrogens with one attached hydrogen (secondary N) is 1. The quantitative estimate of drug-likeness (QED) is 0.479. The minimum Gasteiger partial charge on any atom is -0.494 e. The van der Waals surface area contributed by atoms with Crippen molar-refractivity contribution in [1.29, 1.82) is 0 Å². The van der Waals surface area contributed by atoms with E-state index in [4.69, 9.17) is 4.74 Å². The van der Waals surface area contributed by atoms with Crippen molar-refractivity contribution in [2.75, 3.05) is 6.61 Å². The van der Waals surface area contributed by atoms with Crippen molar-refractivity contribution in [3.8, 4) is 5.75 Å². The number of para-hydroxylation sites is 1. The summed E-state index contributed by atoms with van der Waals surface area (Å²) in [6.45, 7) is 3.28. The molecular weight excluding hydrogens is 362 g/mol. The Bertz CT molecular complexity index is 1020. The third kappa shape index (κ3) is 4.34. The molecule has 1 aromatic heterocycles. The molecule has 2 aromatic carbocycles. The Morgan fingerprint density at radius 1 is 1.14 bits per heavy atom. The van der Waals surface area contributed by atoms with E-state index in [1.165, 1.54) is 35.0 Å². The van der Waals surface area contributed by atoms with Crippen LogP contribution >= 0.6 is 0 Å². The van der Waals surface area contributed by atoms with Gasteiger partial charge in [-0.1, -0.05) is 18.2 Å². The van der Waals surface area contributed by atoms with Crippen LogP contribution in [0.25, 0.3) is 10.9 Å². The van der Waals surface area contributed by atoms with Gasteiger partial charge in [0.15, 0.2) is 0 Å². The highest BCUT2D eigenvalue weighted by Crippen LogP contribution is 2.32. The zero-order valence-electron chi connectivity index (χ0n) is 16.9. The van der Waals surface area contributed by atoms with Gasteiger partial charge in [0.25, 0.3) is 0 Å². The van der Waals surface area contributed by atoms with E-state index in [0.29, 0.717) is 19.6 Å². The van der Waals surface area contributed by atoms with Crippen molar-refractivity contribution in [3.05, 3.63) is 65.4 Å². The zero-order chi connectivity index (χ0) is 20.1. The molecule has 0 bridgehead atoms. The van der Waals surface area contributed by atoms with Crippen LogP contribution in [0, 0.1) is 0 Å². The molecule has 3 aromatic rings. The van der Waals surface area contributed by atoms with Crippen LogP contribution < -0.4 is 10.2 Å². The lowest BCUT2D eigenvalue weighted by Crippen LogP contribution is -2.20. The number of benzene rings is 2. The van der Waals surface area contributed by atoms with Crippen LogP contribution in [0.4, 0.5) is 0 Å². The molecule has 5 heteroatoms. The summed E-state index contributed by atoms with van der Waals surface area (Å²) >= 11 is 0. The number of carbonyl (C=O) groups excluding carboxylic acids is 1. The van der Waals surface area contributed by atoms with Crippen LogP contribution in [0.2, 0.25) is 0 Å². The largest absolute Gasteiger partial charge is 0.494 e. The summed E-state index contributed by atoms with van der Waals surface area (Å²) in [5.74, 6) is 0.755. The van der Waals surface area contributed by atoms with Gasteiger partial charge in [0.2, 0.25) is 5.91 Å². The van der Waals surface area contributed by atoms with Gasteiger partial charge in [0, 0.05) is 29.6 Å². The van der Waals surface area contributed by atoms with Crippen molar-refractivity contribution >= 4 is 23.0 Å². The fraction of sp³-hybridized carbons (Fsp3) is 0.333. The molecule has 1 amide bonds. The molecule has 0 aliphatic heterocycles. The van der Waals surface area contributed by atoms with Gasteiger partial charge in [0.1, 0.15) is 5.75 Å². The van der Waals surface area contributed by atoms with Gasteiger partial charge in [-0.05, 0) is 74.1 Å². The monoisotopic (exact) mass is 389 g/mol. The maximum Gasteiger partial charge on any atom is 0.241 e. The molecule has 150 valence electrons. The molecule has 0 saturated heterocycles. The lowest BCUT2D eigenvalue weighted by atomic mass is 9.95. The van der Waals surface area contributed by atoms with E-state index >= 15 is 0 Å². The third-order valence-corrected chi connectivity index (χ3v) is 5.44. The standard InChI is InChI=1S/C24H27N3O2/c1-2-29-19-13-11-18(12-14-19)17-25-26-24(28)15-16-27-22-9-5-3-7-20(22)21-8-4-6-10-23(21)27/h3,5,7,9,11-14,17H,2,4,6,8,10,15-16H2,1H3,(H,26,28)/b25-17-. The first-order valence-electron chi connectivity index (χ1n) is 10.4. The molecule has 0 unspecified atom stereocenters. The highest BCUT2D eigenvalue weighted by atomic mass is 16.5. The Balaban J connectivity index is 1.38. The van der Waals surface area contributed by atoms with Crippen LogP contribution in [0.1, 0.15) is 43.0 Å². The van der Waals surface area contributed by atoms with Crippen molar-refractivity contribution in [1.82, 2.24) is 9.99 Å². The molecule has 4 rings (SSSR count). The van der Waals surface area contributed by atoms with Crippen LogP contribution in [-0.2, 0) is 24.2 Å². The van der Waals surface area contributed by atoms with Gasteiger partial charge in [0.05, 0.1) is 12.8 Å². The van der Waals surface area contributed by atoms with Crippen LogP contribution in [0.3, 0.4) is 0 Å². The Morgan fingerprint density at radius 2 is 1.93 bits per heavy atom. The minimum atomic E-state index is -0.0745. The van der Waals surface area contributed by atoms with Crippen molar-refractivity contribution in [2.45, 2.75) is 45.6 Å². The number of aromatic nitrogens is 1. The van der Waals surface area contributed by atoms with Crippen LogP contribution in [0.5, 0.6) is 5.75 Å². The first-order valence-corrected chi connectivity index (χ1v) is 10.4. The summed E-state index contributed by atoms with van der Waals surface area (Å²) in [5.41, 5.74) is 7.68. The normalized spacial score (nSPS) is 13.6. The average molecular weight is 389 g/mol. The third-order valence-electron chi connectivity index (χ3n) is 5.44. The molecule has 1 aliphatic carbocycles. The molecular formula is C24H27N3O2. The van der Waals surface area contributed by atoms with Crippen LogP contribution in [0.15, 0.2) is 53.6 Å². The first kappa shape index (κ1) is 19.2. The molecule has 0 spiro atoms. The molecule has 0 saturated carbocycles. The number of carbonyl (C=O) groups is 1. The maximum absolute atomic E-state index is 12.3. The molecule has 1 heterocycles. The number of hydrazone groups is 1. The summed E-state index contributed by atoms with van der Waals surface area (Å²) in [6, 6.07) is 16.2. The number of fused-ring (bicyclic) bond motifs is 3. The van der Waals surface area contributed by atoms with Gasteiger partial charge in [-0.15, -0.1) is 0 Å². The number of amides is 1. The predicted molar refractivity (Wildman–Crippen MR) is 117 cm³/mol. The second-order valence-corrected chi connectivity index (χ2v) is 7.35. The Labute approximate surface area is 171 Å². The van der Waals surface area contributed by atoms with E-state index in [2.05, 4.69) is 39.4 Å². The van der Waals surface area contributed by atoms with Crippen molar-refractivity contribution in [2.24, 2.45) is 5.10 Å². The van der Waals surface area contributed by atoms with E-state index in [1.807, 2.05) is 31.2 Å². The molecule has 1 aliphatic rings. The number of hydrogen-bond acceptors (Lipinski definition) is 3. The number of hydrogen-bond donors (Lipinski definition) is 1. The molecule has 1 N–H and O–H groups in total. The maximum atomic E-state index is 12.3. The summed E-state index contributed by atoms with van der Waals surface area (Å²) in [6.07, 6.45) is 6.78. The number of rotatable bonds is 7. The topological polar surface area (TPSA) is 55.6 Å². The van der Waals surface area contributed by atoms with Crippen molar-refractivity contribution in [3.63, 3.8) is 0 Å². The van der Waals surface area contributed by atoms with E-state index in [-0.39, 0.29) is 5.91 Å². The van der Waals surface area contributed by atoms with E-state index < -0.39 is 0 Å². The molecule has 5 nitrogen and oxygen atoms in total. The van der Waals surface area contributed by atoms with Gasteiger partial charge in [-0.2, -0.15) is 5.10 Å². The summed E-state index contributed by atoms with van der Waals surface area (Å²) in [7, 11) is 0. The highest BCUT2D eigenvalue weighted by molar-refractivity contribution is 5.86. The average Bonchev–Trinajstić information content (AvgIpc) is 3.08. The Morgan fingerprint density at radius 3 is 2.76 bits per heavy atom. The summed E-state index contributed by atoms with van der Waals surface area (Å²) < 4.78 is 7.76. The smallest absolute Gasteiger partial charge is 0.241 e. The van der Waals surface area contributed by atoms with Gasteiger partial charge < -0.3 is 9.30 Å². The Kier molecular flexibility index (Phi) is 5.94.